The van der Waals surface area contributed by atoms with Crippen molar-refractivity contribution in [2.75, 3.05) is 6.54 Å². The Balaban J connectivity index is 1.75. The normalized spacial score (nSPS) is 25.4. The Labute approximate surface area is 112 Å². The first-order chi connectivity index (χ1) is 8.86. The summed E-state index contributed by atoms with van der Waals surface area (Å²) in [5, 5.41) is 2.08. The molecule has 0 bridgehead atoms. The second kappa shape index (κ2) is 5.41. The molecule has 98 valence electrons. The maximum Gasteiger partial charge on any atom is 0.193 e. The number of aromatic nitrogens is 2. The first-order valence-corrected chi connectivity index (χ1v) is 7.86. The summed E-state index contributed by atoms with van der Waals surface area (Å²) in [6, 6.07) is 0. The molecule has 0 radical (unpaired) electrons. The van der Waals surface area contributed by atoms with Gasteiger partial charge in [0.15, 0.2) is 4.96 Å². The summed E-state index contributed by atoms with van der Waals surface area (Å²) in [7, 11) is 0. The summed E-state index contributed by atoms with van der Waals surface area (Å²) in [6.45, 7) is 0.840. The number of rotatable bonds is 3. The van der Waals surface area contributed by atoms with Crippen molar-refractivity contribution >= 4 is 16.3 Å². The van der Waals surface area contributed by atoms with Gasteiger partial charge in [0.25, 0.3) is 0 Å². The molecule has 2 aromatic heterocycles. The van der Waals surface area contributed by atoms with Crippen LogP contribution in [0.1, 0.15) is 37.8 Å². The van der Waals surface area contributed by atoms with E-state index in [2.05, 4.69) is 22.2 Å². The van der Waals surface area contributed by atoms with E-state index >= 15 is 0 Å². The number of fused-ring (bicyclic) bond motifs is 1. The van der Waals surface area contributed by atoms with Crippen molar-refractivity contribution in [3.05, 3.63) is 23.5 Å². The summed E-state index contributed by atoms with van der Waals surface area (Å²) in [5.74, 6) is 1.44. The van der Waals surface area contributed by atoms with Gasteiger partial charge in [0.05, 0.1) is 5.69 Å². The van der Waals surface area contributed by atoms with Crippen molar-refractivity contribution in [3.8, 4) is 0 Å². The Morgan fingerprint density at radius 1 is 1.28 bits per heavy atom. The molecule has 0 spiro atoms. The van der Waals surface area contributed by atoms with Crippen LogP contribution in [0.25, 0.3) is 4.96 Å². The van der Waals surface area contributed by atoms with Crippen LogP contribution in [0.15, 0.2) is 17.8 Å². The van der Waals surface area contributed by atoms with Gasteiger partial charge in [-0.15, -0.1) is 11.3 Å². The van der Waals surface area contributed by atoms with E-state index in [4.69, 9.17) is 10.7 Å². The van der Waals surface area contributed by atoms with E-state index in [1.54, 1.807) is 11.3 Å². The number of nitrogens with zero attached hydrogens (tertiary/aromatic N) is 2. The van der Waals surface area contributed by atoms with E-state index in [1.807, 2.05) is 0 Å². The number of thiazole rings is 1. The summed E-state index contributed by atoms with van der Waals surface area (Å²) in [5.41, 5.74) is 7.19. The monoisotopic (exact) mass is 263 g/mol. The minimum absolute atomic E-state index is 0.701. The largest absolute Gasteiger partial charge is 0.330 e. The van der Waals surface area contributed by atoms with Gasteiger partial charge in [-0.1, -0.05) is 19.3 Å². The van der Waals surface area contributed by atoms with Crippen LogP contribution in [0.4, 0.5) is 0 Å². The van der Waals surface area contributed by atoms with Crippen molar-refractivity contribution in [1.82, 2.24) is 9.38 Å². The highest BCUT2D eigenvalue weighted by molar-refractivity contribution is 7.15. The number of hydrogen-bond acceptors (Lipinski definition) is 3. The molecule has 2 N–H and O–H groups in total. The Morgan fingerprint density at radius 2 is 2.11 bits per heavy atom. The third-order valence-corrected chi connectivity index (χ3v) is 5.00. The fraction of sp³-hybridized carbons (Fsp3) is 0.643. The summed E-state index contributed by atoms with van der Waals surface area (Å²) in [4.78, 5) is 5.82. The molecule has 3 rings (SSSR count). The second-order valence-corrected chi connectivity index (χ2v) is 6.30. The van der Waals surface area contributed by atoms with E-state index < -0.39 is 0 Å². The van der Waals surface area contributed by atoms with E-state index in [1.165, 1.54) is 37.8 Å². The Bertz CT molecular complexity index is 473. The molecule has 4 heteroatoms. The topological polar surface area (TPSA) is 43.3 Å². The molecule has 2 atom stereocenters. The SMILES string of the molecule is NCC1CCCCCC1Cc1cn2ccsc2n1. The van der Waals surface area contributed by atoms with Gasteiger partial charge in [-0.3, -0.25) is 4.40 Å². The van der Waals surface area contributed by atoms with Crippen LogP contribution in [0.5, 0.6) is 0 Å². The summed E-state index contributed by atoms with van der Waals surface area (Å²) < 4.78 is 2.13. The second-order valence-electron chi connectivity index (χ2n) is 5.42. The lowest BCUT2D eigenvalue weighted by molar-refractivity contribution is 0.316. The molecule has 18 heavy (non-hydrogen) atoms. The maximum atomic E-state index is 5.95. The third-order valence-electron chi connectivity index (χ3n) is 4.23. The smallest absolute Gasteiger partial charge is 0.193 e. The van der Waals surface area contributed by atoms with Crippen LogP contribution >= 0.6 is 11.3 Å². The molecule has 1 saturated carbocycles. The van der Waals surface area contributed by atoms with E-state index in [-0.39, 0.29) is 0 Å². The molecule has 0 amide bonds. The highest BCUT2D eigenvalue weighted by Crippen LogP contribution is 2.30. The molecule has 2 heterocycles. The lowest BCUT2D eigenvalue weighted by atomic mass is 9.85. The van der Waals surface area contributed by atoms with Gasteiger partial charge in [0.2, 0.25) is 0 Å². The minimum atomic E-state index is 0.701. The molecule has 1 aliphatic carbocycles. The molecule has 2 aromatic rings. The molecule has 0 aromatic carbocycles. The predicted octanol–water partition coefficient (Wildman–Crippen LogP) is 3.09. The highest BCUT2D eigenvalue weighted by Gasteiger charge is 2.23. The van der Waals surface area contributed by atoms with E-state index in [9.17, 15) is 0 Å². The molecule has 0 saturated heterocycles. The van der Waals surface area contributed by atoms with Crippen LogP contribution in [0.2, 0.25) is 0 Å². The summed E-state index contributed by atoms with van der Waals surface area (Å²) in [6.07, 6.45) is 12.1. The van der Waals surface area contributed by atoms with Crippen molar-refractivity contribution < 1.29 is 0 Å². The standard InChI is InChI=1S/C14H21N3S/c15-9-12-5-3-1-2-4-11(12)8-13-10-17-6-7-18-14(17)16-13/h6-7,10-12H,1-5,8-9,15H2. The van der Waals surface area contributed by atoms with Crippen molar-refractivity contribution in [1.29, 1.82) is 0 Å². The fourth-order valence-electron chi connectivity index (χ4n) is 3.18. The lowest BCUT2D eigenvalue weighted by Gasteiger charge is -2.22. The minimum Gasteiger partial charge on any atom is -0.330 e. The van der Waals surface area contributed by atoms with Crippen LogP contribution in [0.3, 0.4) is 0 Å². The van der Waals surface area contributed by atoms with E-state index in [0.717, 1.165) is 23.8 Å². The first kappa shape index (κ1) is 12.2. The molecule has 3 nitrogen and oxygen atoms in total. The Kier molecular flexibility index (Phi) is 3.66. The van der Waals surface area contributed by atoms with Gasteiger partial charge in [0.1, 0.15) is 0 Å². The van der Waals surface area contributed by atoms with Crippen molar-refractivity contribution in [3.63, 3.8) is 0 Å². The molecule has 1 fully saturated rings. The third kappa shape index (κ3) is 2.45. The van der Waals surface area contributed by atoms with Gasteiger partial charge in [-0.05, 0) is 37.6 Å². The van der Waals surface area contributed by atoms with Crippen LogP contribution in [-0.2, 0) is 6.42 Å². The van der Waals surface area contributed by atoms with Crippen molar-refractivity contribution in [2.24, 2.45) is 17.6 Å². The number of imidazole rings is 1. The zero-order valence-corrected chi connectivity index (χ0v) is 11.5. The van der Waals surface area contributed by atoms with Crippen molar-refractivity contribution in [2.45, 2.75) is 38.5 Å². The summed E-state index contributed by atoms with van der Waals surface area (Å²) >= 11 is 1.71. The van der Waals surface area contributed by atoms with Gasteiger partial charge < -0.3 is 5.73 Å². The quantitative estimate of drug-likeness (QED) is 0.865. The Morgan fingerprint density at radius 3 is 2.89 bits per heavy atom. The fourth-order valence-corrected chi connectivity index (χ4v) is 3.90. The Hall–Kier alpha value is -0.870. The zero-order valence-electron chi connectivity index (χ0n) is 10.7. The molecular formula is C14H21N3S. The first-order valence-electron chi connectivity index (χ1n) is 6.98. The van der Waals surface area contributed by atoms with E-state index in [0.29, 0.717) is 5.92 Å². The van der Waals surface area contributed by atoms with Crippen LogP contribution in [-0.4, -0.2) is 15.9 Å². The molecular weight excluding hydrogens is 242 g/mol. The molecule has 1 aliphatic rings. The average molecular weight is 263 g/mol. The lowest BCUT2D eigenvalue weighted by Crippen LogP contribution is -2.24. The zero-order chi connectivity index (χ0) is 12.4. The molecule has 0 aliphatic heterocycles. The van der Waals surface area contributed by atoms with Gasteiger partial charge in [-0.2, -0.15) is 0 Å². The van der Waals surface area contributed by atoms with Crippen LogP contribution in [0, 0.1) is 11.8 Å². The van der Waals surface area contributed by atoms with Crippen LogP contribution < -0.4 is 5.73 Å². The maximum absolute atomic E-state index is 5.95. The average Bonchev–Trinajstić information content (AvgIpc) is 2.85. The van der Waals surface area contributed by atoms with Gasteiger partial charge in [-0.25, -0.2) is 4.98 Å². The molecule has 2 unspecified atom stereocenters. The highest BCUT2D eigenvalue weighted by atomic mass is 32.1. The van der Waals surface area contributed by atoms with Gasteiger partial charge >= 0.3 is 0 Å². The number of hydrogen-bond donors (Lipinski definition) is 1. The predicted molar refractivity (Wildman–Crippen MR) is 75.9 cm³/mol. The number of nitrogens with two attached hydrogens (primary N) is 1. The van der Waals surface area contributed by atoms with Gasteiger partial charge in [0, 0.05) is 17.8 Å².